The molecular weight excluding hydrogens is 453 g/mol. The second-order valence-corrected chi connectivity index (χ2v) is 9.82. The Morgan fingerprint density at radius 1 is 1.31 bits per heavy atom. The zero-order valence-corrected chi connectivity index (χ0v) is 20.3. The van der Waals surface area contributed by atoms with Crippen molar-refractivity contribution in [1.29, 1.82) is 0 Å². The van der Waals surface area contributed by atoms with E-state index >= 15 is 0 Å². The van der Waals surface area contributed by atoms with Crippen molar-refractivity contribution in [3.63, 3.8) is 0 Å². The van der Waals surface area contributed by atoms with Crippen LogP contribution in [-0.2, 0) is 11.2 Å². The lowest BCUT2D eigenvalue weighted by Crippen LogP contribution is -2.45. The summed E-state index contributed by atoms with van der Waals surface area (Å²) in [6.07, 6.45) is 6.34. The van der Waals surface area contributed by atoms with Gasteiger partial charge in [-0.25, -0.2) is 23.7 Å². The molecule has 0 bridgehead atoms. The van der Waals surface area contributed by atoms with Gasteiger partial charge in [0.2, 0.25) is 5.91 Å². The number of pyridine rings is 1. The number of anilines is 1. The van der Waals surface area contributed by atoms with Crippen molar-refractivity contribution in [2.45, 2.75) is 46.1 Å². The standard InChI is InChI=1S/C24H30FN7O3/c1-24(2,3)23(35)29-30(4)10-7-18-16(12-15(25)13-26-18)19-6-5-9-31(19)20-8-11-32-21(28-20)17(14-27-32)22(33)34/h8,11-14,19H,5-7,9-10H2,1-4H3,(H,29,35)(H,33,34). The summed E-state index contributed by atoms with van der Waals surface area (Å²) in [5, 5.41) is 15.2. The van der Waals surface area contributed by atoms with Crippen LogP contribution in [0.2, 0.25) is 0 Å². The molecule has 0 aromatic carbocycles. The zero-order chi connectivity index (χ0) is 25.3. The minimum atomic E-state index is -1.10. The number of carbonyl (C=O) groups is 2. The molecule has 4 heterocycles. The van der Waals surface area contributed by atoms with Crippen LogP contribution in [0.4, 0.5) is 10.2 Å². The Morgan fingerprint density at radius 2 is 2.09 bits per heavy atom. The highest BCUT2D eigenvalue weighted by atomic mass is 19.1. The highest BCUT2D eigenvalue weighted by Gasteiger charge is 2.30. The van der Waals surface area contributed by atoms with Crippen LogP contribution in [0.3, 0.4) is 0 Å². The molecule has 0 radical (unpaired) electrons. The van der Waals surface area contributed by atoms with Gasteiger partial charge in [-0.15, -0.1) is 0 Å². The van der Waals surface area contributed by atoms with E-state index in [1.54, 1.807) is 24.3 Å². The van der Waals surface area contributed by atoms with E-state index in [-0.39, 0.29) is 23.2 Å². The molecule has 2 N–H and O–H groups in total. The van der Waals surface area contributed by atoms with Gasteiger partial charge in [-0.1, -0.05) is 20.8 Å². The molecule has 1 atom stereocenters. The van der Waals surface area contributed by atoms with Crippen molar-refractivity contribution < 1.29 is 19.1 Å². The Kier molecular flexibility index (Phi) is 6.70. The Bertz CT molecular complexity index is 1250. The molecule has 0 aliphatic carbocycles. The molecule has 3 aromatic rings. The number of amides is 1. The van der Waals surface area contributed by atoms with Gasteiger partial charge in [-0.3, -0.25) is 15.2 Å². The molecule has 0 saturated carbocycles. The van der Waals surface area contributed by atoms with Gasteiger partial charge < -0.3 is 10.0 Å². The molecule has 1 unspecified atom stereocenters. The van der Waals surface area contributed by atoms with Gasteiger partial charge in [0.25, 0.3) is 0 Å². The molecule has 1 aliphatic heterocycles. The Hall–Kier alpha value is -3.60. The maximum Gasteiger partial charge on any atom is 0.341 e. The molecule has 1 fully saturated rings. The minimum absolute atomic E-state index is 0.0241. The number of carboxylic acid groups (broad SMARTS) is 1. The monoisotopic (exact) mass is 483 g/mol. The van der Waals surface area contributed by atoms with Gasteiger partial charge in [-0.2, -0.15) is 5.10 Å². The Morgan fingerprint density at radius 3 is 2.80 bits per heavy atom. The average molecular weight is 484 g/mol. The summed E-state index contributed by atoms with van der Waals surface area (Å²) >= 11 is 0. The van der Waals surface area contributed by atoms with Crippen LogP contribution in [0.25, 0.3) is 5.65 Å². The molecule has 186 valence electrons. The Labute approximate surface area is 202 Å². The Balaban J connectivity index is 1.58. The normalized spacial score (nSPS) is 16.3. The van der Waals surface area contributed by atoms with Crippen molar-refractivity contribution in [2.24, 2.45) is 5.41 Å². The summed E-state index contributed by atoms with van der Waals surface area (Å²) in [5.41, 5.74) is 4.16. The molecular formula is C24H30FN7O3. The number of hydrogen-bond acceptors (Lipinski definition) is 7. The molecule has 1 amide bonds. The number of aromatic carboxylic acids is 1. The predicted molar refractivity (Wildman–Crippen MR) is 127 cm³/mol. The van der Waals surface area contributed by atoms with E-state index in [4.69, 9.17) is 0 Å². The predicted octanol–water partition coefficient (Wildman–Crippen LogP) is 2.85. The van der Waals surface area contributed by atoms with Gasteiger partial charge in [-0.05, 0) is 30.5 Å². The quantitative estimate of drug-likeness (QED) is 0.493. The van der Waals surface area contributed by atoms with E-state index in [1.165, 1.54) is 23.0 Å². The van der Waals surface area contributed by atoms with Crippen molar-refractivity contribution in [3.05, 3.63) is 53.4 Å². The highest BCUT2D eigenvalue weighted by molar-refractivity contribution is 5.94. The first-order valence-corrected chi connectivity index (χ1v) is 11.6. The number of carboxylic acids is 1. The van der Waals surface area contributed by atoms with Crippen LogP contribution in [0.5, 0.6) is 0 Å². The largest absolute Gasteiger partial charge is 0.477 e. The number of nitrogens with one attached hydrogen (secondary N) is 1. The fourth-order valence-corrected chi connectivity index (χ4v) is 4.19. The van der Waals surface area contributed by atoms with Crippen molar-refractivity contribution in [1.82, 2.24) is 30.0 Å². The number of aromatic nitrogens is 4. The highest BCUT2D eigenvalue weighted by Crippen LogP contribution is 2.37. The molecule has 1 saturated heterocycles. The molecule has 35 heavy (non-hydrogen) atoms. The van der Waals surface area contributed by atoms with Crippen LogP contribution in [0.1, 0.15) is 61.3 Å². The lowest BCUT2D eigenvalue weighted by molar-refractivity contribution is -0.133. The lowest BCUT2D eigenvalue weighted by Gasteiger charge is -2.28. The number of halogens is 1. The van der Waals surface area contributed by atoms with Crippen LogP contribution in [0.15, 0.2) is 30.7 Å². The van der Waals surface area contributed by atoms with Crippen LogP contribution in [-0.4, -0.2) is 61.7 Å². The van der Waals surface area contributed by atoms with E-state index in [9.17, 15) is 19.1 Å². The maximum absolute atomic E-state index is 14.3. The number of likely N-dealkylation sites (N-methyl/N-ethyl adjacent to an activating group) is 1. The van der Waals surface area contributed by atoms with Gasteiger partial charge in [0.1, 0.15) is 17.2 Å². The second kappa shape index (κ2) is 9.57. The number of nitrogens with zero attached hydrogens (tertiary/aromatic N) is 6. The van der Waals surface area contributed by atoms with Gasteiger partial charge in [0, 0.05) is 43.9 Å². The van der Waals surface area contributed by atoms with Crippen molar-refractivity contribution in [3.8, 4) is 0 Å². The van der Waals surface area contributed by atoms with E-state index < -0.39 is 17.2 Å². The SMILES string of the molecule is CN(CCc1ncc(F)cc1C1CCCN1c1ccn2ncc(C(=O)O)c2n1)NC(=O)C(C)(C)C. The first kappa shape index (κ1) is 24.5. The van der Waals surface area contributed by atoms with Crippen LogP contribution < -0.4 is 10.3 Å². The zero-order valence-electron chi connectivity index (χ0n) is 20.3. The summed E-state index contributed by atoms with van der Waals surface area (Å²) in [6.45, 7) is 6.74. The average Bonchev–Trinajstić information content (AvgIpc) is 3.44. The summed E-state index contributed by atoms with van der Waals surface area (Å²) in [7, 11) is 1.79. The summed E-state index contributed by atoms with van der Waals surface area (Å²) < 4.78 is 15.7. The number of rotatable bonds is 7. The lowest BCUT2D eigenvalue weighted by atomic mass is 9.96. The van der Waals surface area contributed by atoms with Gasteiger partial charge in [0.15, 0.2) is 5.65 Å². The van der Waals surface area contributed by atoms with Crippen molar-refractivity contribution >= 4 is 23.3 Å². The summed E-state index contributed by atoms with van der Waals surface area (Å²) in [6, 6.07) is 3.14. The fraction of sp³-hybridized carbons (Fsp3) is 0.458. The van der Waals surface area contributed by atoms with E-state index in [0.717, 1.165) is 24.1 Å². The summed E-state index contributed by atoms with van der Waals surface area (Å²) in [5.74, 6) is -0.997. The smallest absolute Gasteiger partial charge is 0.341 e. The third kappa shape index (κ3) is 5.24. The molecule has 3 aromatic heterocycles. The van der Waals surface area contributed by atoms with Crippen LogP contribution in [0, 0.1) is 11.2 Å². The van der Waals surface area contributed by atoms with Crippen LogP contribution >= 0.6 is 0 Å². The van der Waals surface area contributed by atoms with Crippen molar-refractivity contribution in [2.75, 3.05) is 25.0 Å². The number of hydrazine groups is 1. The first-order chi connectivity index (χ1) is 16.5. The minimum Gasteiger partial charge on any atom is -0.477 e. The van der Waals surface area contributed by atoms with E-state index in [0.29, 0.717) is 25.3 Å². The first-order valence-electron chi connectivity index (χ1n) is 11.6. The fourth-order valence-electron chi connectivity index (χ4n) is 4.19. The maximum atomic E-state index is 14.3. The molecule has 11 heteroatoms. The third-order valence-electron chi connectivity index (χ3n) is 6.12. The molecule has 1 aliphatic rings. The number of fused-ring (bicyclic) bond motifs is 1. The second-order valence-electron chi connectivity index (χ2n) is 9.82. The van der Waals surface area contributed by atoms with Gasteiger partial charge >= 0.3 is 5.97 Å². The molecule has 10 nitrogen and oxygen atoms in total. The summed E-state index contributed by atoms with van der Waals surface area (Å²) in [4.78, 5) is 34.8. The number of hydrogen-bond donors (Lipinski definition) is 2. The van der Waals surface area contributed by atoms with E-state index in [1.807, 2.05) is 20.8 Å². The topological polar surface area (TPSA) is 116 Å². The number of carbonyl (C=O) groups excluding carboxylic acids is 1. The molecule has 0 spiro atoms. The molecule has 4 rings (SSSR count). The van der Waals surface area contributed by atoms with Gasteiger partial charge in [0.05, 0.1) is 18.4 Å². The third-order valence-corrected chi connectivity index (χ3v) is 6.12. The van der Waals surface area contributed by atoms with E-state index in [2.05, 4.69) is 25.4 Å².